The van der Waals surface area contributed by atoms with Crippen LogP contribution < -0.4 is 5.32 Å². The maximum absolute atomic E-state index is 12.3. The Morgan fingerprint density at radius 3 is 2.53 bits per heavy atom. The van der Waals surface area contributed by atoms with Crippen LogP contribution in [0.25, 0.3) is 0 Å². The van der Waals surface area contributed by atoms with Crippen molar-refractivity contribution in [3.8, 4) is 0 Å². The van der Waals surface area contributed by atoms with Gasteiger partial charge < -0.3 is 10.2 Å². The summed E-state index contributed by atoms with van der Waals surface area (Å²) in [4.78, 5) is 14.2. The molecule has 1 aliphatic heterocycles. The predicted molar refractivity (Wildman–Crippen MR) is 71.9 cm³/mol. The third-order valence-corrected chi connectivity index (χ3v) is 4.27. The van der Waals surface area contributed by atoms with Crippen molar-refractivity contribution in [3.05, 3.63) is 0 Å². The highest BCUT2D eigenvalue weighted by molar-refractivity contribution is 5.82. The van der Waals surface area contributed by atoms with Gasteiger partial charge in [0.05, 0.1) is 6.04 Å². The lowest BCUT2D eigenvalue weighted by Gasteiger charge is -2.35. The van der Waals surface area contributed by atoms with E-state index in [9.17, 15) is 4.79 Å². The van der Waals surface area contributed by atoms with Crippen LogP contribution in [0.1, 0.15) is 47.0 Å². The molecule has 1 saturated heterocycles. The standard InChI is InChI=1S/C14H28N2O/c1-5-11(4)12-8-9-15-13(10-12)14(17)16(6-2)7-3/h11-13,15H,5-10H2,1-4H3. The molecule has 0 aromatic carbocycles. The molecule has 0 aromatic rings. The molecule has 17 heavy (non-hydrogen) atoms. The summed E-state index contributed by atoms with van der Waals surface area (Å²) in [5.41, 5.74) is 0. The van der Waals surface area contributed by atoms with Crippen LogP contribution in [0.3, 0.4) is 0 Å². The van der Waals surface area contributed by atoms with Gasteiger partial charge >= 0.3 is 0 Å². The van der Waals surface area contributed by atoms with E-state index in [0.717, 1.165) is 32.0 Å². The largest absolute Gasteiger partial charge is 0.342 e. The van der Waals surface area contributed by atoms with Crippen LogP contribution >= 0.6 is 0 Å². The molecule has 0 bridgehead atoms. The van der Waals surface area contributed by atoms with Gasteiger partial charge in [0.1, 0.15) is 0 Å². The van der Waals surface area contributed by atoms with Crippen molar-refractivity contribution < 1.29 is 4.79 Å². The van der Waals surface area contributed by atoms with Crippen LogP contribution in [0.2, 0.25) is 0 Å². The van der Waals surface area contributed by atoms with E-state index in [1.54, 1.807) is 0 Å². The van der Waals surface area contributed by atoms with Crippen molar-refractivity contribution in [2.75, 3.05) is 19.6 Å². The quantitative estimate of drug-likeness (QED) is 0.799. The van der Waals surface area contributed by atoms with Crippen molar-refractivity contribution in [1.82, 2.24) is 10.2 Å². The normalized spacial score (nSPS) is 26.6. The molecule has 1 aliphatic rings. The number of carbonyl (C=O) groups excluding carboxylic acids is 1. The van der Waals surface area contributed by atoms with Crippen molar-refractivity contribution in [1.29, 1.82) is 0 Å². The van der Waals surface area contributed by atoms with Gasteiger partial charge in [-0.2, -0.15) is 0 Å². The van der Waals surface area contributed by atoms with Gasteiger partial charge in [-0.25, -0.2) is 0 Å². The molecule has 0 aliphatic carbocycles. The molecule has 1 heterocycles. The molecule has 100 valence electrons. The van der Waals surface area contributed by atoms with Crippen LogP contribution in [-0.2, 0) is 4.79 Å². The van der Waals surface area contributed by atoms with Crippen molar-refractivity contribution in [2.45, 2.75) is 53.0 Å². The summed E-state index contributed by atoms with van der Waals surface area (Å²) < 4.78 is 0. The minimum atomic E-state index is 0.0580. The lowest BCUT2D eigenvalue weighted by Crippen LogP contribution is -2.50. The number of carbonyl (C=O) groups is 1. The third kappa shape index (κ3) is 3.70. The zero-order valence-corrected chi connectivity index (χ0v) is 11.8. The first-order valence-electron chi connectivity index (χ1n) is 7.16. The number of likely N-dealkylation sites (N-methyl/N-ethyl adjacent to an activating group) is 1. The minimum absolute atomic E-state index is 0.0580. The second-order valence-electron chi connectivity index (χ2n) is 5.19. The second kappa shape index (κ2) is 7.00. The van der Waals surface area contributed by atoms with Gasteiger partial charge in [0.15, 0.2) is 0 Å². The molecule has 0 radical (unpaired) electrons. The number of hydrogen-bond donors (Lipinski definition) is 1. The molecular weight excluding hydrogens is 212 g/mol. The Hall–Kier alpha value is -0.570. The van der Waals surface area contributed by atoms with Crippen LogP contribution in [-0.4, -0.2) is 36.5 Å². The summed E-state index contributed by atoms with van der Waals surface area (Å²) in [7, 11) is 0. The monoisotopic (exact) mass is 240 g/mol. The van der Waals surface area contributed by atoms with E-state index >= 15 is 0 Å². The molecule has 3 atom stereocenters. The summed E-state index contributed by atoms with van der Waals surface area (Å²) in [6, 6.07) is 0.0580. The highest BCUT2D eigenvalue weighted by atomic mass is 16.2. The highest BCUT2D eigenvalue weighted by Crippen LogP contribution is 2.27. The van der Waals surface area contributed by atoms with E-state index in [4.69, 9.17) is 0 Å². The Bertz CT molecular complexity index is 238. The maximum Gasteiger partial charge on any atom is 0.239 e. The van der Waals surface area contributed by atoms with Crippen molar-refractivity contribution in [3.63, 3.8) is 0 Å². The summed E-state index contributed by atoms with van der Waals surface area (Å²) in [6.45, 7) is 11.3. The number of nitrogens with zero attached hydrogens (tertiary/aromatic N) is 1. The predicted octanol–water partition coefficient (Wildman–Crippen LogP) is 2.27. The average molecular weight is 240 g/mol. The molecule has 1 N–H and O–H groups in total. The van der Waals surface area contributed by atoms with E-state index in [1.807, 2.05) is 4.90 Å². The molecule has 1 rings (SSSR count). The second-order valence-corrected chi connectivity index (χ2v) is 5.19. The number of nitrogens with one attached hydrogen (secondary N) is 1. The molecule has 0 aromatic heterocycles. The number of rotatable bonds is 5. The summed E-state index contributed by atoms with van der Waals surface area (Å²) in [5.74, 6) is 1.75. The lowest BCUT2D eigenvalue weighted by molar-refractivity contribution is -0.134. The Morgan fingerprint density at radius 1 is 1.35 bits per heavy atom. The summed E-state index contributed by atoms with van der Waals surface area (Å²) in [6.07, 6.45) is 3.46. The average Bonchev–Trinajstić information content (AvgIpc) is 2.39. The van der Waals surface area contributed by atoms with Gasteiger partial charge in [0, 0.05) is 13.1 Å². The molecule has 3 heteroatoms. The van der Waals surface area contributed by atoms with Gasteiger partial charge in [0.25, 0.3) is 0 Å². The number of hydrogen-bond acceptors (Lipinski definition) is 2. The molecule has 0 saturated carbocycles. The van der Waals surface area contributed by atoms with Crippen LogP contribution in [0.4, 0.5) is 0 Å². The van der Waals surface area contributed by atoms with Crippen LogP contribution in [0, 0.1) is 11.8 Å². The fourth-order valence-corrected chi connectivity index (χ4v) is 2.74. The third-order valence-electron chi connectivity index (χ3n) is 4.27. The molecular formula is C14H28N2O. The molecule has 3 nitrogen and oxygen atoms in total. The topological polar surface area (TPSA) is 32.3 Å². The van der Waals surface area contributed by atoms with Gasteiger partial charge in [-0.3, -0.25) is 4.79 Å². The minimum Gasteiger partial charge on any atom is -0.342 e. The zero-order valence-electron chi connectivity index (χ0n) is 11.8. The van der Waals surface area contributed by atoms with Crippen LogP contribution in [0.5, 0.6) is 0 Å². The van der Waals surface area contributed by atoms with Gasteiger partial charge in [0.2, 0.25) is 5.91 Å². The Kier molecular flexibility index (Phi) is 5.96. The van der Waals surface area contributed by atoms with E-state index in [2.05, 4.69) is 33.0 Å². The summed E-state index contributed by atoms with van der Waals surface area (Å²) in [5, 5.41) is 3.39. The zero-order chi connectivity index (χ0) is 12.8. The summed E-state index contributed by atoms with van der Waals surface area (Å²) >= 11 is 0. The first kappa shape index (κ1) is 14.5. The van der Waals surface area contributed by atoms with Crippen LogP contribution in [0.15, 0.2) is 0 Å². The smallest absolute Gasteiger partial charge is 0.239 e. The molecule has 1 amide bonds. The van der Waals surface area contributed by atoms with Gasteiger partial charge in [-0.15, -0.1) is 0 Å². The van der Waals surface area contributed by atoms with Crippen molar-refractivity contribution >= 4 is 5.91 Å². The first-order chi connectivity index (χ1) is 8.13. The maximum atomic E-state index is 12.3. The van der Waals surface area contributed by atoms with Crippen molar-refractivity contribution in [2.24, 2.45) is 11.8 Å². The Balaban J connectivity index is 2.56. The van der Waals surface area contributed by atoms with E-state index in [1.165, 1.54) is 12.8 Å². The highest BCUT2D eigenvalue weighted by Gasteiger charge is 2.30. The van der Waals surface area contributed by atoms with E-state index in [-0.39, 0.29) is 6.04 Å². The molecule has 0 spiro atoms. The Labute approximate surface area is 106 Å². The lowest BCUT2D eigenvalue weighted by atomic mass is 9.81. The number of amides is 1. The molecule has 1 fully saturated rings. The van der Waals surface area contributed by atoms with E-state index in [0.29, 0.717) is 11.8 Å². The van der Waals surface area contributed by atoms with Gasteiger partial charge in [-0.1, -0.05) is 20.3 Å². The fraction of sp³-hybridized carbons (Fsp3) is 0.929. The fourth-order valence-electron chi connectivity index (χ4n) is 2.74. The number of piperidine rings is 1. The van der Waals surface area contributed by atoms with E-state index < -0.39 is 0 Å². The molecule has 3 unspecified atom stereocenters. The van der Waals surface area contributed by atoms with Gasteiger partial charge in [-0.05, 0) is 45.1 Å². The Morgan fingerprint density at radius 2 is 2.00 bits per heavy atom. The SMILES string of the molecule is CCC(C)C1CCNC(C(=O)N(CC)CC)C1. The first-order valence-corrected chi connectivity index (χ1v) is 7.16.